The molecular weight excluding hydrogens is 443 g/mol. The first-order valence-corrected chi connectivity index (χ1v) is 11.2. The number of piperazine rings is 1. The molecule has 0 bridgehead atoms. The first kappa shape index (κ1) is 23.1. The molecule has 0 unspecified atom stereocenters. The number of aryl methyl sites for hydroxylation is 1. The summed E-state index contributed by atoms with van der Waals surface area (Å²) in [6.45, 7) is 4.33. The third-order valence-corrected chi connectivity index (χ3v) is 6.19. The Hall–Kier alpha value is -3.03. The molecule has 0 N–H and O–H groups in total. The molecule has 3 aromatic rings. The first-order valence-electron chi connectivity index (χ1n) is 10.9. The summed E-state index contributed by atoms with van der Waals surface area (Å²) in [5.74, 6) is 0.984. The van der Waals surface area contributed by atoms with E-state index in [4.69, 9.17) is 26.3 Å². The van der Waals surface area contributed by atoms with Crippen molar-refractivity contribution in [2.45, 2.75) is 13.3 Å². The number of rotatable bonds is 6. The van der Waals surface area contributed by atoms with Crippen LogP contribution >= 0.6 is 11.6 Å². The van der Waals surface area contributed by atoms with Crippen LogP contribution in [0.1, 0.15) is 16.8 Å². The largest absolute Gasteiger partial charge is 0.375 e. The lowest BCUT2D eigenvalue weighted by atomic mass is 10.0. The van der Waals surface area contributed by atoms with E-state index in [1.54, 1.807) is 17.0 Å². The van der Waals surface area contributed by atoms with E-state index >= 15 is 0 Å². The number of aromatic nitrogens is 2. The van der Waals surface area contributed by atoms with Crippen molar-refractivity contribution in [1.29, 1.82) is 0 Å². The van der Waals surface area contributed by atoms with E-state index in [0.29, 0.717) is 42.6 Å². The standard InChI is InChI=1S/C25H26ClFN4O2/c1-17-19(15-20-21(26)9-6-10-22(20)27)25(29-24(28-17)18-7-4-3-5-8-18)31-13-11-30(12-14-31)23(32)16-33-2/h3-10H,11-16H2,1-2H3. The number of carbonyl (C=O) groups is 1. The van der Waals surface area contributed by atoms with Crippen LogP contribution in [0.3, 0.4) is 0 Å². The topological polar surface area (TPSA) is 58.6 Å². The third-order valence-electron chi connectivity index (χ3n) is 5.84. The zero-order valence-electron chi connectivity index (χ0n) is 18.7. The number of carbonyl (C=O) groups excluding carboxylic acids is 1. The van der Waals surface area contributed by atoms with Gasteiger partial charge < -0.3 is 14.5 Å². The smallest absolute Gasteiger partial charge is 0.248 e. The molecule has 1 aliphatic heterocycles. The fourth-order valence-corrected chi connectivity index (χ4v) is 4.26. The fraction of sp³-hybridized carbons (Fsp3) is 0.320. The van der Waals surface area contributed by atoms with Crippen LogP contribution in [0, 0.1) is 12.7 Å². The summed E-state index contributed by atoms with van der Waals surface area (Å²) in [5, 5.41) is 0.377. The van der Waals surface area contributed by atoms with Crippen molar-refractivity contribution in [3.05, 3.63) is 76.2 Å². The number of hydrogen-bond donors (Lipinski definition) is 0. The molecule has 8 heteroatoms. The number of methoxy groups -OCH3 is 1. The lowest BCUT2D eigenvalue weighted by Crippen LogP contribution is -2.50. The minimum atomic E-state index is -0.352. The summed E-state index contributed by atoms with van der Waals surface area (Å²) >= 11 is 6.33. The van der Waals surface area contributed by atoms with Crippen molar-refractivity contribution in [2.75, 3.05) is 44.8 Å². The Morgan fingerprint density at radius 2 is 1.76 bits per heavy atom. The Balaban J connectivity index is 1.71. The Labute approximate surface area is 198 Å². The number of ether oxygens (including phenoxy) is 1. The van der Waals surface area contributed by atoms with E-state index in [2.05, 4.69) is 4.90 Å². The van der Waals surface area contributed by atoms with Gasteiger partial charge in [-0.05, 0) is 19.1 Å². The zero-order valence-corrected chi connectivity index (χ0v) is 19.5. The molecule has 2 aromatic carbocycles. The second-order valence-electron chi connectivity index (χ2n) is 7.98. The summed E-state index contributed by atoms with van der Waals surface area (Å²) < 4.78 is 19.6. The number of nitrogens with zero attached hydrogens (tertiary/aromatic N) is 4. The predicted molar refractivity (Wildman–Crippen MR) is 127 cm³/mol. The van der Waals surface area contributed by atoms with Gasteiger partial charge in [0.15, 0.2) is 5.82 Å². The van der Waals surface area contributed by atoms with Crippen molar-refractivity contribution in [3.8, 4) is 11.4 Å². The van der Waals surface area contributed by atoms with Crippen LogP contribution in [0.15, 0.2) is 48.5 Å². The molecule has 0 radical (unpaired) electrons. The monoisotopic (exact) mass is 468 g/mol. The number of amides is 1. The number of halogens is 2. The molecule has 1 aromatic heterocycles. The summed E-state index contributed by atoms with van der Waals surface area (Å²) in [5.41, 5.74) is 2.94. The Morgan fingerprint density at radius 3 is 2.42 bits per heavy atom. The minimum absolute atomic E-state index is 0.0284. The quantitative estimate of drug-likeness (QED) is 0.544. The van der Waals surface area contributed by atoms with E-state index in [1.165, 1.54) is 13.2 Å². The third kappa shape index (κ3) is 5.15. The normalized spacial score (nSPS) is 13.9. The number of benzene rings is 2. The molecule has 2 heterocycles. The van der Waals surface area contributed by atoms with Crippen LogP contribution in [0.2, 0.25) is 5.02 Å². The summed E-state index contributed by atoms with van der Waals surface area (Å²) in [6.07, 6.45) is 0.282. The molecule has 0 spiro atoms. The van der Waals surface area contributed by atoms with E-state index in [0.717, 1.165) is 22.6 Å². The molecule has 0 aliphatic carbocycles. The Bertz CT molecular complexity index is 1110. The molecule has 1 amide bonds. The summed E-state index contributed by atoms with van der Waals surface area (Å²) in [7, 11) is 1.52. The van der Waals surface area contributed by atoms with Crippen LogP contribution in [0.25, 0.3) is 11.4 Å². The molecule has 0 atom stereocenters. The van der Waals surface area contributed by atoms with Gasteiger partial charge in [0, 0.05) is 67.1 Å². The lowest BCUT2D eigenvalue weighted by molar-refractivity contribution is -0.135. The minimum Gasteiger partial charge on any atom is -0.375 e. The highest BCUT2D eigenvalue weighted by molar-refractivity contribution is 6.31. The molecule has 1 aliphatic rings. The van der Waals surface area contributed by atoms with Gasteiger partial charge in [-0.25, -0.2) is 14.4 Å². The van der Waals surface area contributed by atoms with Crippen molar-refractivity contribution in [2.24, 2.45) is 0 Å². The van der Waals surface area contributed by atoms with Gasteiger partial charge in [-0.3, -0.25) is 4.79 Å². The van der Waals surface area contributed by atoms with Gasteiger partial charge in [0.2, 0.25) is 5.91 Å². The van der Waals surface area contributed by atoms with Crippen LogP contribution in [-0.2, 0) is 16.0 Å². The fourth-order valence-electron chi connectivity index (χ4n) is 4.03. The molecule has 172 valence electrons. The summed E-state index contributed by atoms with van der Waals surface area (Å²) in [4.78, 5) is 25.8. The predicted octanol–water partition coefficient (Wildman–Crippen LogP) is 4.13. The maximum absolute atomic E-state index is 14.6. The molecule has 33 heavy (non-hydrogen) atoms. The second kappa shape index (κ2) is 10.3. The molecule has 6 nitrogen and oxygen atoms in total. The molecule has 4 rings (SSSR count). The summed E-state index contributed by atoms with van der Waals surface area (Å²) in [6, 6.07) is 14.5. The highest BCUT2D eigenvalue weighted by Gasteiger charge is 2.26. The molecule has 1 fully saturated rings. The molecule has 0 saturated carbocycles. The van der Waals surface area contributed by atoms with Crippen molar-refractivity contribution < 1.29 is 13.9 Å². The Kier molecular flexibility index (Phi) is 7.20. The van der Waals surface area contributed by atoms with Gasteiger partial charge in [-0.15, -0.1) is 0 Å². The van der Waals surface area contributed by atoms with Crippen molar-refractivity contribution >= 4 is 23.3 Å². The maximum atomic E-state index is 14.6. The van der Waals surface area contributed by atoms with Crippen molar-refractivity contribution in [1.82, 2.24) is 14.9 Å². The SMILES string of the molecule is COCC(=O)N1CCN(c2nc(-c3ccccc3)nc(C)c2Cc2c(F)cccc2Cl)CC1. The van der Waals surface area contributed by atoms with Crippen LogP contribution < -0.4 is 4.90 Å². The average Bonchev–Trinajstić information content (AvgIpc) is 2.83. The molecule has 1 saturated heterocycles. The maximum Gasteiger partial charge on any atom is 0.248 e. The first-order chi connectivity index (χ1) is 16.0. The van der Waals surface area contributed by atoms with Gasteiger partial charge >= 0.3 is 0 Å². The molecular formula is C25H26ClFN4O2. The van der Waals surface area contributed by atoms with Gasteiger partial charge in [-0.1, -0.05) is 48.0 Å². The van der Waals surface area contributed by atoms with E-state index in [9.17, 15) is 9.18 Å². The van der Waals surface area contributed by atoms with Gasteiger partial charge in [0.05, 0.1) is 0 Å². The van der Waals surface area contributed by atoms with E-state index < -0.39 is 0 Å². The van der Waals surface area contributed by atoms with Crippen LogP contribution in [0.5, 0.6) is 0 Å². The van der Waals surface area contributed by atoms with Crippen LogP contribution in [-0.4, -0.2) is 60.7 Å². The lowest BCUT2D eigenvalue weighted by Gasteiger charge is -2.36. The average molecular weight is 469 g/mol. The number of anilines is 1. The highest BCUT2D eigenvalue weighted by atomic mass is 35.5. The van der Waals surface area contributed by atoms with Crippen molar-refractivity contribution in [3.63, 3.8) is 0 Å². The van der Waals surface area contributed by atoms with Crippen LogP contribution in [0.4, 0.5) is 10.2 Å². The zero-order chi connectivity index (χ0) is 23.4. The number of hydrogen-bond acceptors (Lipinski definition) is 5. The Morgan fingerprint density at radius 1 is 1.03 bits per heavy atom. The van der Waals surface area contributed by atoms with E-state index in [1.807, 2.05) is 37.3 Å². The van der Waals surface area contributed by atoms with Gasteiger partial charge in [0.25, 0.3) is 0 Å². The highest BCUT2D eigenvalue weighted by Crippen LogP contribution is 2.31. The van der Waals surface area contributed by atoms with Gasteiger partial charge in [-0.2, -0.15) is 0 Å². The second-order valence-corrected chi connectivity index (χ2v) is 8.39. The van der Waals surface area contributed by atoms with Gasteiger partial charge in [0.1, 0.15) is 18.2 Å². The van der Waals surface area contributed by atoms with E-state index in [-0.39, 0.29) is 24.8 Å².